The number of Topliss-reactive ketones (excluding diaryl/α,β-unsaturated/α-hetero) is 1. The number of ketones is 1. The number of hydrogen-bond donors (Lipinski definition) is 2. The summed E-state index contributed by atoms with van der Waals surface area (Å²) in [4.78, 5) is 32.7. The Balaban J connectivity index is 1.42. The molecule has 5 rings (SSSR count). The molecule has 2 fully saturated rings. The van der Waals surface area contributed by atoms with Crippen LogP contribution in [0.4, 0.5) is 13.6 Å². The molecule has 8 nitrogen and oxygen atoms in total. The van der Waals surface area contributed by atoms with Gasteiger partial charge in [0.15, 0.2) is 5.78 Å². The predicted octanol–water partition coefficient (Wildman–Crippen LogP) is 4.34. The van der Waals surface area contributed by atoms with E-state index in [1.165, 1.54) is 41.3 Å². The summed E-state index contributed by atoms with van der Waals surface area (Å²) in [5.41, 5.74) is 1.42. The van der Waals surface area contributed by atoms with E-state index in [9.17, 15) is 23.6 Å². The molecule has 2 aliphatic rings. The summed E-state index contributed by atoms with van der Waals surface area (Å²) in [5, 5.41) is 16.2. The number of aromatic nitrogens is 1. The number of amides is 1. The van der Waals surface area contributed by atoms with Crippen LogP contribution in [0.2, 0.25) is 0 Å². The van der Waals surface area contributed by atoms with Gasteiger partial charge < -0.3 is 20.3 Å². The van der Waals surface area contributed by atoms with Crippen molar-refractivity contribution in [3.63, 3.8) is 0 Å². The van der Waals surface area contributed by atoms with E-state index in [-0.39, 0.29) is 34.6 Å². The van der Waals surface area contributed by atoms with Crippen LogP contribution in [-0.4, -0.2) is 54.5 Å². The number of hydrogen-bond acceptors (Lipinski definition) is 7. The van der Waals surface area contributed by atoms with Crippen LogP contribution in [-0.2, 0) is 0 Å². The Bertz CT molecular complexity index is 1430. The zero-order valence-electron chi connectivity index (χ0n) is 21.9. The quantitative estimate of drug-likeness (QED) is 0.444. The van der Waals surface area contributed by atoms with Gasteiger partial charge in [-0.25, -0.2) is 13.6 Å². The fraction of sp³-hybridized carbons (Fsp3) is 0.333. The Morgan fingerprint density at radius 1 is 1.12 bits per heavy atom. The van der Waals surface area contributed by atoms with E-state index in [1.807, 2.05) is 24.3 Å². The maximum absolute atomic E-state index is 14.9. The minimum Gasteiger partial charge on any atom is -0.410 e. The van der Waals surface area contributed by atoms with Crippen LogP contribution < -0.4 is 15.4 Å². The molecule has 2 aromatic carbocycles. The molecule has 0 spiro atoms. The third-order valence-electron chi connectivity index (χ3n) is 7.73. The van der Waals surface area contributed by atoms with E-state index in [4.69, 9.17) is 4.74 Å². The van der Waals surface area contributed by atoms with Crippen molar-refractivity contribution in [1.82, 2.24) is 20.5 Å². The van der Waals surface area contributed by atoms with Gasteiger partial charge in [-0.05, 0) is 73.5 Å². The van der Waals surface area contributed by atoms with E-state index in [1.54, 1.807) is 13.2 Å². The molecule has 2 N–H and O–H groups in total. The molecule has 3 heterocycles. The van der Waals surface area contributed by atoms with Crippen molar-refractivity contribution in [2.24, 2.45) is 5.92 Å². The van der Waals surface area contributed by atoms with Crippen molar-refractivity contribution < 1.29 is 23.1 Å². The first-order valence-electron chi connectivity index (χ1n) is 13.2. The first-order chi connectivity index (χ1) is 19.4. The van der Waals surface area contributed by atoms with Crippen LogP contribution in [0.25, 0.3) is 0 Å². The highest BCUT2D eigenvalue weighted by Gasteiger charge is 2.38. The maximum Gasteiger partial charge on any atom is 0.415 e. The topological polar surface area (TPSA) is 107 Å². The number of likely N-dealkylation sites (N-methyl/N-ethyl adjacent to an activating group) is 1. The van der Waals surface area contributed by atoms with E-state index in [0.717, 1.165) is 5.69 Å². The highest BCUT2D eigenvalue weighted by Crippen LogP contribution is 2.35. The second-order valence-corrected chi connectivity index (χ2v) is 10.1. The van der Waals surface area contributed by atoms with Gasteiger partial charge >= 0.3 is 6.09 Å². The average molecular weight is 546 g/mol. The summed E-state index contributed by atoms with van der Waals surface area (Å²) in [6.45, 7) is 1.43. The lowest BCUT2D eigenvalue weighted by Crippen LogP contribution is -2.43. The predicted molar refractivity (Wildman–Crippen MR) is 143 cm³/mol. The number of nitrogens with one attached hydrogen (secondary N) is 2. The molecular weight excluding hydrogens is 516 g/mol. The number of pyridine rings is 1. The first kappa shape index (κ1) is 27.4. The van der Waals surface area contributed by atoms with E-state index in [0.29, 0.717) is 38.0 Å². The van der Waals surface area contributed by atoms with Gasteiger partial charge in [0.05, 0.1) is 23.3 Å². The lowest BCUT2D eigenvalue weighted by Gasteiger charge is -2.32. The zero-order valence-corrected chi connectivity index (χ0v) is 21.9. The molecule has 40 heavy (non-hydrogen) atoms. The molecule has 2 aliphatic heterocycles. The number of ether oxygens (including phenoxy) is 1. The van der Waals surface area contributed by atoms with Gasteiger partial charge in [0.1, 0.15) is 23.5 Å². The molecule has 2 saturated heterocycles. The Hall–Kier alpha value is -4.20. The molecule has 10 heteroatoms. The van der Waals surface area contributed by atoms with Crippen LogP contribution in [0.1, 0.15) is 52.0 Å². The molecule has 1 aromatic heterocycles. The van der Waals surface area contributed by atoms with Gasteiger partial charge in [-0.1, -0.05) is 6.07 Å². The maximum atomic E-state index is 14.9. The smallest absolute Gasteiger partial charge is 0.410 e. The van der Waals surface area contributed by atoms with Gasteiger partial charge in [0.25, 0.3) is 0 Å². The van der Waals surface area contributed by atoms with E-state index >= 15 is 0 Å². The van der Waals surface area contributed by atoms with Gasteiger partial charge in [-0.3, -0.25) is 9.78 Å². The highest BCUT2D eigenvalue weighted by atomic mass is 19.1. The third-order valence-corrected chi connectivity index (χ3v) is 7.73. The lowest BCUT2D eigenvalue weighted by molar-refractivity contribution is 0.0875. The number of nitrogens with zero attached hydrogens (tertiary/aromatic N) is 3. The van der Waals surface area contributed by atoms with Gasteiger partial charge in [-0.2, -0.15) is 5.26 Å². The lowest BCUT2D eigenvalue weighted by atomic mass is 9.80. The fourth-order valence-electron chi connectivity index (χ4n) is 5.58. The zero-order chi connectivity index (χ0) is 28.2. The molecule has 0 radical (unpaired) electrons. The van der Waals surface area contributed by atoms with Gasteiger partial charge in [-0.15, -0.1) is 0 Å². The van der Waals surface area contributed by atoms with Crippen LogP contribution in [0.5, 0.6) is 5.75 Å². The first-order valence-corrected chi connectivity index (χ1v) is 13.2. The highest BCUT2D eigenvalue weighted by molar-refractivity contribution is 5.99. The van der Waals surface area contributed by atoms with Crippen LogP contribution in [0.15, 0.2) is 60.8 Å². The minimum absolute atomic E-state index is 0.108. The summed E-state index contributed by atoms with van der Waals surface area (Å²) in [6, 6.07) is 14.7. The standard InChI is InChI=1S/C30H29F2N5O3/c1-37(30(39)40-21-7-5-20(31)6-8-21)28-17-34-16-24(28)22-12-19(15-33)25(32)14-23(22)29(38)18-9-11-36-27(13-18)26-4-2-3-10-35-26/h2-8,10,12,14,18,24,27-28,34,36H,9,11,13,16-17H2,1H3/t18?,24-,27?,28+/m1/s1. The molecule has 0 aliphatic carbocycles. The van der Waals surface area contributed by atoms with E-state index < -0.39 is 29.7 Å². The second-order valence-electron chi connectivity index (χ2n) is 10.1. The number of halogens is 2. The van der Waals surface area contributed by atoms with Crippen LogP contribution in [0, 0.1) is 28.9 Å². The normalized spacial score (nSPS) is 22.4. The summed E-state index contributed by atoms with van der Waals surface area (Å²) < 4.78 is 33.6. The molecule has 1 amide bonds. The van der Waals surface area contributed by atoms with Crippen LogP contribution >= 0.6 is 0 Å². The minimum atomic E-state index is -0.753. The van der Waals surface area contributed by atoms with Crippen molar-refractivity contribution in [2.45, 2.75) is 30.8 Å². The number of carbonyl (C=O) groups is 2. The largest absolute Gasteiger partial charge is 0.415 e. The molecule has 0 bridgehead atoms. The number of piperidine rings is 1. The number of rotatable bonds is 6. The number of nitriles is 1. The summed E-state index contributed by atoms with van der Waals surface area (Å²) in [5.74, 6) is -1.97. The van der Waals surface area contributed by atoms with E-state index in [2.05, 4.69) is 15.6 Å². The number of benzene rings is 2. The SMILES string of the molecule is CN(C(=O)Oc1ccc(F)cc1)[C@H]1CNC[C@@H]1c1cc(C#N)c(F)cc1C(=O)C1CCNC(c2ccccn2)C1. The molecule has 206 valence electrons. The number of carbonyl (C=O) groups excluding carboxylic acids is 2. The van der Waals surface area contributed by atoms with Crippen molar-refractivity contribution in [2.75, 3.05) is 26.7 Å². The van der Waals surface area contributed by atoms with Crippen LogP contribution in [0.3, 0.4) is 0 Å². The van der Waals surface area contributed by atoms with Gasteiger partial charge in [0, 0.05) is 43.7 Å². The summed E-state index contributed by atoms with van der Waals surface area (Å²) in [6.07, 6.45) is 2.14. The monoisotopic (exact) mass is 545 g/mol. The third kappa shape index (κ3) is 5.71. The average Bonchev–Trinajstić information content (AvgIpc) is 3.47. The van der Waals surface area contributed by atoms with Crippen molar-refractivity contribution in [3.8, 4) is 11.8 Å². The Kier molecular flexibility index (Phi) is 8.14. The van der Waals surface area contributed by atoms with Crippen molar-refractivity contribution in [3.05, 3.63) is 94.8 Å². The summed E-state index contributed by atoms with van der Waals surface area (Å²) >= 11 is 0. The second kappa shape index (κ2) is 11.9. The Morgan fingerprint density at radius 3 is 2.65 bits per heavy atom. The van der Waals surface area contributed by atoms with Crippen molar-refractivity contribution >= 4 is 11.9 Å². The Morgan fingerprint density at radius 2 is 1.93 bits per heavy atom. The van der Waals surface area contributed by atoms with Gasteiger partial charge in [0.2, 0.25) is 0 Å². The molecule has 2 unspecified atom stereocenters. The molecular formula is C30H29F2N5O3. The Labute approximate surface area is 231 Å². The molecule has 4 atom stereocenters. The van der Waals surface area contributed by atoms with Crippen molar-refractivity contribution in [1.29, 1.82) is 5.26 Å². The molecule has 0 saturated carbocycles. The summed E-state index contributed by atoms with van der Waals surface area (Å²) in [7, 11) is 1.58. The molecule has 3 aromatic rings. The fourth-order valence-corrected chi connectivity index (χ4v) is 5.58.